The average Bonchev–Trinajstić information content (AvgIpc) is 2.07. The normalized spacial score (nSPS) is 10.0. The van der Waals surface area contributed by atoms with Crippen molar-refractivity contribution >= 4 is 0 Å². The number of benzene rings is 1. The topological polar surface area (TPSA) is 52.5 Å². The second kappa shape index (κ2) is 4.08. The number of hydrogen-bond donors (Lipinski definition) is 3. The minimum Gasteiger partial charge on any atom is -0.392 e. The van der Waals surface area contributed by atoms with Crippen LogP contribution in [0.3, 0.4) is 0 Å². The number of rotatable bonds is 3. The summed E-state index contributed by atoms with van der Waals surface area (Å²) in [4.78, 5) is 0. The van der Waals surface area contributed by atoms with Crippen molar-refractivity contribution in [3.05, 3.63) is 35.4 Å². The highest BCUT2D eigenvalue weighted by atomic mass is 16.5. The molecule has 0 atom stereocenters. The van der Waals surface area contributed by atoms with Crippen molar-refractivity contribution in [2.24, 2.45) is 0 Å². The lowest BCUT2D eigenvalue weighted by Gasteiger charge is -1.99. The predicted molar refractivity (Wildman–Crippen MR) is 41.0 cm³/mol. The summed E-state index contributed by atoms with van der Waals surface area (Å²) in [6, 6.07) is 7.36. The summed E-state index contributed by atoms with van der Waals surface area (Å²) in [5.74, 6) is 0. The standard InChI is InChI=1S/C8H11NO2/c10-6-8-3-1-7(2-4-8)5-9-11/h1-4,9-11H,5-6H2. The number of aliphatic hydroxyl groups excluding tert-OH is 1. The monoisotopic (exact) mass is 153 g/mol. The Morgan fingerprint density at radius 3 is 2.09 bits per heavy atom. The molecule has 0 spiro atoms. The van der Waals surface area contributed by atoms with E-state index in [2.05, 4.69) is 5.48 Å². The van der Waals surface area contributed by atoms with E-state index in [4.69, 9.17) is 10.3 Å². The summed E-state index contributed by atoms with van der Waals surface area (Å²) >= 11 is 0. The van der Waals surface area contributed by atoms with Gasteiger partial charge in [-0.15, -0.1) is 0 Å². The van der Waals surface area contributed by atoms with Gasteiger partial charge in [-0.3, -0.25) is 0 Å². The van der Waals surface area contributed by atoms with E-state index in [0.717, 1.165) is 11.1 Å². The van der Waals surface area contributed by atoms with Crippen LogP contribution in [0.5, 0.6) is 0 Å². The van der Waals surface area contributed by atoms with E-state index in [1.165, 1.54) is 0 Å². The summed E-state index contributed by atoms with van der Waals surface area (Å²) in [6.45, 7) is 0.499. The molecule has 0 aromatic heterocycles. The first kappa shape index (κ1) is 8.20. The van der Waals surface area contributed by atoms with E-state index < -0.39 is 0 Å². The van der Waals surface area contributed by atoms with Crippen LogP contribution >= 0.6 is 0 Å². The average molecular weight is 153 g/mol. The summed E-state index contributed by atoms with van der Waals surface area (Å²) in [6.07, 6.45) is 0. The van der Waals surface area contributed by atoms with Crippen LogP contribution in [-0.4, -0.2) is 10.3 Å². The molecule has 0 aliphatic heterocycles. The highest BCUT2D eigenvalue weighted by Crippen LogP contribution is 2.03. The maximum atomic E-state index is 8.69. The third-order valence-electron chi connectivity index (χ3n) is 1.49. The van der Waals surface area contributed by atoms with Crippen LogP contribution in [0.1, 0.15) is 11.1 Å². The molecular formula is C8H11NO2. The molecule has 60 valence electrons. The Kier molecular flexibility index (Phi) is 3.04. The number of hydroxylamine groups is 1. The Bertz CT molecular complexity index is 208. The number of nitrogens with one attached hydrogen (secondary N) is 1. The van der Waals surface area contributed by atoms with Crippen molar-refractivity contribution in [2.75, 3.05) is 0 Å². The molecule has 1 rings (SSSR count). The van der Waals surface area contributed by atoms with Gasteiger partial charge in [-0.05, 0) is 11.1 Å². The zero-order valence-electron chi connectivity index (χ0n) is 6.12. The summed E-state index contributed by atoms with van der Waals surface area (Å²) in [5, 5.41) is 17.0. The molecule has 1 aromatic rings. The molecule has 0 fully saturated rings. The van der Waals surface area contributed by atoms with Crippen LogP contribution in [0.15, 0.2) is 24.3 Å². The van der Waals surface area contributed by atoms with Gasteiger partial charge in [-0.1, -0.05) is 24.3 Å². The van der Waals surface area contributed by atoms with Crippen LogP contribution in [-0.2, 0) is 13.2 Å². The SMILES string of the molecule is OCc1ccc(CNO)cc1. The Morgan fingerprint density at radius 2 is 1.64 bits per heavy atom. The van der Waals surface area contributed by atoms with Gasteiger partial charge in [-0.25, -0.2) is 5.48 Å². The summed E-state index contributed by atoms with van der Waals surface area (Å²) in [5.41, 5.74) is 3.93. The van der Waals surface area contributed by atoms with Crippen molar-refractivity contribution in [3.63, 3.8) is 0 Å². The molecule has 11 heavy (non-hydrogen) atoms. The van der Waals surface area contributed by atoms with Gasteiger partial charge >= 0.3 is 0 Å². The highest BCUT2D eigenvalue weighted by Gasteiger charge is 1.91. The second-order valence-corrected chi connectivity index (χ2v) is 2.31. The van der Waals surface area contributed by atoms with Gasteiger partial charge in [0.2, 0.25) is 0 Å². The second-order valence-electron chi connectivity index (χ2n) is 2.31. The van der Waals surface area contributed by atoms with Crippen LogP contribution < -0.4 is 5.48 Å². The minimum absolute atomic E-state index is 0.0623. The van der Waals surface area contributed by atoms with Gasteiger partial charge < -0.3 is 10.3 Å². The Morgan fingerprint density at radius 1 is 1.09 bits per heavy atom. The van der Waals surface area contributed by atoms with Crippen molar-refractivity contribution in [1.29, 1.82) is 0 Å². The molecule has 0 aliphatic carbocycles. The molecule has 3 N–H and O–H groups in total. The van der Waals surface area contributed by atoms with Crippen LogP contribution in [0.2, 0.25) is 0 Å². The molecule has 0 saturated carbocycles. The first-order valence-corrected chi connectivity index (χ1v) is 3.42. The molecule has 0 amide bonds. The lowest BCUT2D eigenvalue weighted by atomic mass is 10.1. The highest BCUT2D eigenvalue weighted by molar-refractivity contribution is 5.21. The van der Waals surface area contributed by atoms with E-state index in [1.54, 1.807) is 0 Å². The van der Waals surface area contributed by atoms with Crippen molar-refractivity contribution in [1.82, 2.24) is 5.48 Å². The fourth-order valence-electron chi connectivity index (χ4n) is 0.854. The van der Waals surface area contributed by atoms with Gasteiger partial charge in [-0.2, -0.15) is 0 Å². The fraction of sp³-hybridized carbons (Fsp3) is 0.250. The fourth-order valence-corrected chi connectivity index (χ4v) is 0.854. The van der Waals surface area contributed by atoms with E-state index >= 15 is 0 Å². The molecule has 3 heteroatoms. The van der Waals surface area contributed by atoms with Crippen molar-refractivity contribution in [2.45, 2.75) is 13.2 Å². The first-order valence-electron chi connectivity index (χ1n) is 3.42. The predicted octanol–water partition coefficient (Wildman–Crippen LogP) is 0.658. The third kappa shape index (κ3) is 2.31. The smallest absolute Gasteiger partial charge is 0.0681 e. The maximum Gasteiger partial charge on any atom is 0.0681 e. The summed E-state index contributed by atoms with van der Waals surface area (Å²) < 4.78 is 0. The molecule has 0 heterocycles. The van der Waals surface area contributed by atoms with E-state index in [0.29, 0.717) is 6.54 Å². The van der Waals surface area contributed by atoms with Crippen molar-refractivity contribution in [3.8, 4) is 0 Å². The Hall–Kier alpha value is -0.900. The van der Waals surface area contributed by atoms with E-state index in [-0.39, 0.29) is 6.61 Å². The minimum atomic E-state index is 0.0623. The summed E-state index contributed by atoms with van der Waals surface area (Å²) in [7, 11) is 0. The van der Waals surface area contributed by atoms with E-state index in [9.17, 15) is 0 Å². The number of aliphatic hydroxyl groups is 1. The molecule has 0 bridgehead atoms. The van der Waals surface area contributed by atoms with Gasteiger partial charge in [0.25, 0.3) is 0 Å². The molecule has 0 aliphatic rings. The number of hydrogen-bond acceptors (Lipinski definition) is 3. The van der Waals surface area contributed by atoms with Crippen LogP contribution in [0.25, 0.3) is 0 Å². The zero-order chi connectivity index (χ0) is 8.10. The van der Waals surface area contributed by atoms with Gasteiger partial charge in [0.1, 0.15) is 0 Å². The van der Waals surface area contributed by atoms with Gasteiger partial charge in [0.05, 0.1) is 6.61 Å². The third-order valence-corrected chi connectivity index (χ3v) is 1.49. The quantitative estimate of drug-likeness (QED) is 0.559. The largest absolute Gasteiger partial charge is 0.392 e. The lowest BCUT2D eigenvalue weighted by Crippen LogP contribution is -2.05. The van der Waals surface area contributed by atoms with Gasteiger partial charge in [0, 0.05) is 6.54 Å². The van der Waals surface area contributed by atoms with Crippen molar-refractivity contribution < 1.29 is 10.3 Å². The molecule has 0 unspecified atom stereocenters. The lowest BCUT2D eigenvalue weighted by molar-refractivity contribution is 0.161. The maximum absolute atomic E-state index is 8.69. The molecule has 0 radical (unpaired) electrons. The molecular weight excluding hydrogens is 142 g/mol. The molecule has 1 aromatic carbocycles. The zero-order valence-corrected chi connectivity index (χ0v) is 6.12. The first-order chi connectivity index (χ1) is 5.36. The van der Waals surface area contributed by atoms with Crippen LogP contribution in [0.4, 0.5) is 0 Å². The van der Waals surface area contributed by atoms with E-state index in [1.807, 2.05) is 24.3 Å². The molecule has 0 saturated heterocycles. The molecule has 3 nitrogen and oxygen atoms in total. The van der Waals surface area contributed by atoms with Crippen LogP contribution in [0, 0.1) is 0 Å². The Balaban J connectivity index is 2.66. The van der Waals surface area contributed by atoms with Gasteiger partial charge in [0.15, 0.2) is 0 Å². The Labute approximate surface area is 65.3 Å².